The van der Waals surface area contributed by atoms with Crippen molar-refractivity contribution in [1.29, 1.82) is 0 Å². The lowest BCUT2D eigenvalue weighted by molar-refractivity contribution is 0.464. The van der Waals surface area contributed by atoms with Crippen LogP contribution in [0.15, 0.2) is 41.1 Å². The van der Waals surface area contributed by atoms with Gasteiger partial charge in [0.1, 0.15) is 17.3 Å². The van der Waals surface area contributed by atoms with Crippen LogP contribution in [0.5, 0.6) is 11.5 Å². The highest BCUT2D eigenvalue weighted by Gasteiger charge is 2.20. The summed E-state index contributed by atoms with van der Waals surface area (Å²) in [6.07, 6.45) is 5.86. The molecule has 0 unspecified atom stereocenters. The molecule has 104 valence electrons. The van der Waals surface area contributed by atoms with Gasteiger partial charge in [-0.1, -0.05) is 15.9 Å². The number of rotatable bonds is 5. The Morgan fingerprint density at radius 3 is 2.95 bits per heavy atom. The Bertz CT molecular complexity index is 596. The Labute approximate surface area is 125 Å². The average Bonchev–Trinajstić information content (AvgIpc) is 3.20. The molecular weight excluding hydrogens is 323 g/mol. The average molecular weight is 337 g/mol. The lowest BCUT2D eigenvalue weighted by Crippen LogP contribution is -2.15. The van der Waals surface area contributed by atoms with E-state index in [2.05, 4.69) is 26.2 Å². The number of aromatic nitrogens is 1. The summed E-state index contributed by atoms with van der Waals surface area (Å²) >= 11 is 3.25. The Kier molecular flexibility index (Phi) is 3.98. The van der Waals surface area contributed by atoms with Crippen LogP contribution in [-0.4, -0.2) is 11.0 Å². The standard InChI is InChI=1S/C15H14BrFN2O/c16-11-5-12(17)7-14(6-11)20-15-9-18-4-3-10(15)8-19-13-1-2-13/h3-7,9,13,19H,1-2,8H2. The van der Waals surface area contributed by atoms with Gasteiger partial charge in [-0.25, -0.2) is 4.39 Å². The molecule has 1 aliphatic carbocycles. The van der Waals surface area contributed by atoms with Crippen LogP contribution in [0.1, 0.15) is 18.4 Å². The minimum absolute atomic E-state index is 0.337. The second-order valence-electron chi connectivity index (χ2n) is 4.85. The van der Waals surface area contributed by atoms with Gasteiger partial charge in [0, 0.05) is 34.9 Å². The summed E-state index contributed by atoms with van der Waals surface area (Å²) < 4.78 is 19.8. The van der Waals surface area contributed by atoms with E-state index in [1.807, 2.05) is 6.07 Å². The summed E-state index contributed by atoms with van der Waals surface area (Å²) in [6.45, 7) is 0.735. The molecule has 2 aromatic rings. The Balaban J connectivity index is 1.78. The van der Waals surface area contributed by atoms with Gasteiger partial charge in [0.05, 0.1) is 6.20 Å². The molecule has 0 bridgehead atoms. The maximum atomic E-state index is 13.4. The molecule has 5 heteroatoms. The second kappa shape index (κ2) is 5.89. The van der Waals surface area contributed by atoms with E-state index >= 15 is 0 Å². The number of hydrogen-bond acceptors (Lipinski definition) is 3. The molecule has 1 aliphatic rings. The highest BCUT2D eigenvalue weighted by atomic mass is 79.9. The summed E-state index contributed by atoms with van der Waals surface area (Å²) in [4.78, 5) is 4.07. The topological polar surface area (TPSA) is 34.1 Å². The van der Waals surface area contributed by atoms with Crippen LogP contribution in [0.25, 0.3) is 0 Å². The molecule has 0 amide bonds. The molecule has 1 saturated carbocycles. The van der Waals surface area contributed by atoms with E-state index in [1.54, 1.807) is 18.5 Å². The van der Waals surface area contributed by atoms with Crippen LogP contribution in [0.2, 0.25) is 0 Å². The van der Waals surface area contributed by atoms with Gasteiger partial charge < -0.3 is 10.1 Å². The van der Waals surface area contributed by atoms with Gasteiger partial charge in [-0.2, -0.15) is 0 Å². The van der Waals surface area contributed by atoms with E-state index in [9.17, 15) is 4.39 Å². The molecule has 0 spiro atoms. The third kappa shape index (κ3) is 3.55. The zero-order chi connectivity index (χ0) is 13.9. The molecule has 3 nitrogen and oxygen atoms in total. The molecule has 1 aromatic heterocycles. The van der Waals surface area contributed by atoms with Gasteiger partial charge in [-0.15, -0.1) is 0 Å². The minimum atomic E-state index is -0.337. The van der Waals surface area contributed by atoms with Crippen LogP contribution in [0.4, 0.5) is 4.39 Å². The maximum absolute atomic E-state index is 13.4. The van der Waals surface area contributed by atoms with Crippen molar-refractivity contribution in [3.05, 3.63) is 52.5 Å². The van der Waals surface area contributed by atoms with Crippen molar-refractivity contribution in [3.63, 3.8) is 0 Å². The fraction of sp³-hybridized carbons (Fsp3) is 0.267. The highest BCUT2D eigenvalue weighted by molar-refractivity contribution is 9.10. The third-order valence-corrected chi connectivity index (χ3v) is 3.55. The van der Waals surface area contributed by atoms with Crippen molar-refractivity contribution in [2.24, 2.45) is 0 Å². The van der Waals surface area contributed by atoms with Crippen molar-refractivity contribution in [2.45, 2.75) is 25.4 Å². The fourth-order valence-electron chi connectivity index (χ4n) is 1.90. The monoisotopic (exact) mass is 336 g/mol. The van der Waals surface area contributed by atoms with Gasteiger partial charge in [0.15, 0.2) is 0 Å². The third-order valence-electron chi connectivity index (χ3n) is 3.09. The summed E-state index contributed by atoms with van der Waals surface area (Å²) in [5.41, 5.74) is 1.02. The molecule has 0 saturated heterocycles. The quantitative estimate of drug-likeness (QED) is 0.895. The Morgan fingerprint density at radius 2 is 2.20 bits per heavy atom. The Morgan fingerprint density at radius 1 is 1.35 bits per heavy atom. The van der Waals surface area contributed by atoms with E-state index in [-0.39, 0.29) is 5.82 Å². The normalized spacial score (nSPS) is 14.3. The highest BCUT2D eigenvalue weighted by Crippen LogP contribution is 2.28. The molecule has 1 fully saturated rings. The molecule has 3 rings (SSSR count). The van der Waals surface area contributed by atoms with Crippen LogP contribution >= 0.6 is 15.9 Å². The van der Waals surface area contributed by atoms with Crippen LogP contribution in [-0.2, 0) is 6.54 Å². The fourth-order valence-corrected chi connectivity index (χ4v) is 2.35. The number of benzene rings is 1. The second-order valence-corrected chi connectivity index (χ2v) is 5.76. The molecule has 0 radical (unpaired) electrons. The molecule has 1 heterocycles. The number of ether oxygens (including phenoxy) is 1. The van der Waals surface area contributed by atoms with Crippen molar-refractivity contribution in [1.82, 2.24) is 10.3 Å². The van der Waals surface area contributed by atoms with Gasteiger partial charge in [0.25, 0.3) is 0 Å². The van der Waals surface area contributed by atoms with Crippen molar-refractivity contribution in [2.75, 3.05) is 0 Å². The summed E-state index contributed by atoms with van der Waals surface area (Å²) in [6, 6.07) is 7.02. The summed E-state index contributed by atoms with van der Waals surface area (Å²) in [5.74, 6) is 0.770. The molecule has 20 heavy (non-hydrogen) atoms. The predicted octanol–water partition coefficient (Wildman–Crippen LogP) is 4.03. The number of nitrogens with one attached hydrogen (secondary N) is 1. The molecular formula is C15H14BrFN2O. The van der Waals surface area contributed by atoms with Crippen LogP contribution < -0.4 is 10.1 Å². The first-order chi connectivity index (χ1) is 9.70. The minimum Gasteiger partial charge on any atom is -0.455 e. The van der Waals surface area contributed by atoms with E-state index < -0.39 is 0 Å². The van der Waals surface area contributed by atoms with E-state index in [4.69, 9.17) is 4.74 Å². The van der Waals surface area contributed by atoms with Crippen LogP contribution in [0.3, 0.4) is 0 Å². The molecule has 0 atom stereocenters. The van der Waals surface area contributed by atoms with Gasteiger partial charge >= 0.3 is 0 Å². The van der Waals surface area contributed by atoms with E-state index in [1.165, 1.54) is 25.0 Å². The van der Waals surface area contributed by atoms with Gasteiger partial charge in [-0.05, 0) is 31.0 Å². The smallest absolute Gasteiger partial charge is 0.150 e. The van der Waals surface area contributed by atoms with Crippen molar-refractivity contribution in [3.8, 4) is 11.5 Å². The first-order valence-corrected chi connectivity index (χ1v) is 7.30. The SMILES string of the molecule is Fc1cc(Br)cc(Oc2cnccc2CNC2CC2)c1. The first kappa shape index (κ1) is 13.5. The molecule has 1 aromatic carbocycles. The van der Waals surface area contributed by atoms with Gasteiger partial charge in [0.2, 0.25) is 0 Å². The largest absolute Gasteiger partial charge is 0.455 e. The number of nitrogens with zero attached hydrogens (tertiary/aromatic N) is 1. The Hall–Kier alpha value is -1.46. The maximum Gasteiger partial charge on any atom is 0.150 e. The van der Waals surface area contributed by atoms with Crippen LogP contribution in [0, 0.1) is 5.82 Å². The zero-order valence-corrected chi connectivity index (χ0v) is 12.4. The molecule has 0 aliphatic heterocycles. The molecule has 1 N–H and O–H groups in total. The van der Waals surface area contributed by atoms with Gasteiger partial charge in [-0.3, -0.25) is 4.98 Å². The predicted molar refractivity (Wildman–Crippen MR) is 78.3 cm³/mol. The number of hydrogen-bond donors (Lipinski definition) is 1. The summed E-state index contributed by atoms with van der Waals surface area (Å²) in [5, 5.41) is 3.43. The summed E-state index contributed by atoms with van der Waals surface area (Å²) in [7, 11) is 0. The van der Waals surface area contributed by atoms with Crippen molar-refractivity contribution < 1.29 is 9.13 Å². The van der Waals surface area contributed by atoms with Crippen molar-refractivity contribution >= 4 is 15.9 Å². The lowest BCUT2D eigenvalue weighted by Gasteiger charge is -2.11. The zero-order valence-electron chi connectivity index (χ0n) is 10.8. The number of pyridine rings is 1. The first-order valence-electron chi connectivity index (χ1n) is 6.51. The van der Waals surface area contributed by atoms with E-state index in [0.717, 1.165) is 12.1 Å². The lowest BCUT2D eigenvalue weighted by atomic mass is 10.2. The number of halogens is 2. The van der Waals surface area contributed by atoms with E-state index in [0.29, 0.717) is 22.0 Å².